The fourth-order valence-corrected chi connectivity index (χ4v) is 2.25. The van der Waals surface area contributed by atoms with Crippen LogP contribution in [0.1, 0.15) is 19.3 Å². The number of ether oxygens (including phenoxy) is 2. The number of hydrogen-bond donors (Lipinski definition) is 1. The highest BCUT2D eigenvalue weighted by Crippen LogP contribution is 2.18. The number of carbonyl (C=O) groups is 2. The van der Waals surface area contributed by atoms with E-state index < -0.39 is 5.97 Å². The molecule has 2 rings (SSSR count). The van der Waals surface area contributed by atoms with Gasteiger partial charge in [0.15, 0.2) is 0 Å². The summed E-state index contributed by atoms with van der Waals surface area (Å²) in [6.45, 7) is 2.16. The fourth-order valence-electron chi connectivity index (χ4n) is 2.25. The van der Waals surface area contributed by atoms with Gasteiger partial charge in [0.2, 0.25) is 0 Å². The third kappa shape index (κ3) is 4.14. The first-order valence-corrected chi connectivity index (χ1v) is 6.43. The second-order valence-electron chi connectivity index (χ2n) is 4.73. The molecule has 2 unspecified atom stereocenters. The maximum absolute atomic E-state index is 11.9. The molecule has 2 heterocycles. The molecule has 2 aliphatic heterocycles. The van der Waals surface area contributed by atoms with E-state index in [9.17, 15) is 9.59 Å². The number of hydrogen-bond acceptors (Lipinski definition) is 4. The summed E-state index contributed by atoms with van der Waals surface area (Å²) in [6, 6.07) is 0. The summed E-state index contributed by atoms with van der Waals surface area (Å²) in [7, 11) is 0. The van der Waals surface area contributed by atoms with Crippen LogP contribution in [0.5, 0.6) is 0 Å². The summed E-state index contributed by atoms with van der Waals surface area (Å²) >= 11 is 0. The zero-order chi connectivity index (χ0) is 13.7. The van der Waals surface area contributed by atoms with Crippen molar-refractivity contribution in [1.82, 2.24) is 4.90 Å². The lowest BCUT2D eigenvalue weighted by Crippen LogP contribution is -2.41. The van der Waals surface area contributed by atoms with Gasteiger partial charge in [0.1, 0.15) is 6.10 Å². The van der Waals surface area contributed by atoms with Crippen LogP contribution >= 0.6 is 0 Å². The third-order valence-corrected chi connectivity index (χ3v) is 3.22. The van der Waals surface area contributed by atoms with Crippen LogP contribution < -0.4 is 0 Å². The number of piperidine rings is 1. The average molecular weight is 267 g/mol. The Morgan fingerprint density at radius 3 is 2.89 bits per heavy atom. The summed E-state index contributed by atoms with van der Waals surface area (Å²) in [6.07, 6.45) is 1.86. The molecule has 6 nitrogen and oxygen atoms in total. The molecule has 0 aromatic carbocycles. The van der Waals surface area contributed by atoms with E-state index in [1.165, 1.54) is 0 Å². The highest BCUT2D eigenvalue weighted by Gasteiger charge is 2.27. The van der Waals surface area contributed by atoms with Gasteiger partial charge >= 0.3 is 12.1 Å². The molecule has 0 aliphatic carbocycles. The van der Waals surface area contributed by atoms with Gasteiger partial charge in [-0.05, 0) is 12.8 Å². The molecule has 2 fully saturated rings. The monoisotopic (exact) mass is 267 g/mol. The van der Waals surface area contributed by atoms with Crippen LogP contribution in [0.3, 0.4) is 0 Å². The number of carbonyl (C=O) groups excluding carboxylic acids is 1. The molecule has 0 aromatic heterocycles. The van der Waals surface area contributed by atoms with E-state index in [4.69, 9.17) is 14.6 Å². The minimum Gasteiger partial charge on any atom is -0.472 e. The topological polar surface area (TPSA) is 76.1 Å². The normalized spacial score (nSPS) is 26.4. The molecule has 0 spiro atoms. The molecule has 6 heteroatoms. The highest BCUT2D eigenvalue weighted by molar-refractivity contribution is 5.86. The van der Waals surface area contributed by atoms with Gasteiger partial charge in [-0.15, -0.1) is 0 Å². The van der Waals surface area contributed by atoms with Crippen molar-refractivity contribution in [2.75, 3.05) is 26.3 Å². The molecule has 2 atom stereocenters. The lowest BCUT2D eigenvalue weighted by Gasteiger charge is -2.30. The van der Waals surface area contributed by atoms with E-state index in [1.807, 2.05) is 0 Å². The van der Waals surface area contributed by atoms with E-state index in [0.717, 1.165) is 19.3 Å². The number of nitrogens with zero attached hydrogens (tertiary/aromatic N) is 1. The zero-order valence-electron chi connectivity index (χ0n) is 10.6. The van der Waals surface area contributed by atoms with Gasteiger partial charge in [-0.25, -0.2) is 9.59 Å². The summed E-state index contributed by atoms with van der Waals surface area (Å²) in [5.74, 6) is 3.57. The Morgan fingerprint density at radius 2 is 2.21 bits per heavy atom. The second kappa shape index (κ2) is 6.43. The second-order valence-corrected chi connectivity index (χ2v) is 4.73. The van der Waals surface area contributed by atoms with E-state index in [0.29, 0.717) is 26.3 Å². The summed E-state index contributed by atoms with van der Waals surface area (Å²) in [5, 5.41) is 8.52. The number of aliphatic carboxylic acids is 1. The Balaban J connectivity index is 1.84. The van der Waals surface area contributed by atoms with Gasteiger partial charge in [0.05, 0.1) is 13.2 Å². The van der Waals surface area contributed by atoms with Gasteiger partial charge in [-0.3, -0.25) is 0 Å². The van der Waals surface area contributed by atoms with Crippen molar-refractivity contribution < 1.29 is 24.2 Å². The standard InChI is InChI=1S/C13H17NO5/c15-12(16)4-3-10-2-1-6-14(8-10)13(17)19-11-5-7-18-9-11/h10-11H,1-2,5-9H2,(H,15,16). The van der Waals surface area contributed by atoms with E-state index in [-0.39, 0.29) is 18.1 Å². The third-order valence-electron chi connectivity index (χ3n) is 3.22. The Morgan fingerprint density at radius 1 is 1.37 bits per heavy atom. The SMILES string of the molecule is O=C(O)C#CC1CCCN(C(=O)OC2CCOC2)C1. The summed E-state index contributed by atoms with van der Waals surface area (Å²) in [4.78, 5) is 23.9. The van der Waals surface area contributed by atoms with Crippen LogP contribution in [-0.4, -0.2) is 54.5 Å². The number of carboxylic acids is 1. The molecular formula is C13H17NO5. The Bertz CT molecular complexity index is 405. The number of carboxylic acid groups (broad SMARTS) is 1. The van der Waals surface area contributed by atoms with Crippen LogP contribution in [0.15, 0.2) is 0 Å². The zero-order valence-corrected chi connectivity index (χ0v) is 10.6. The first kappa shape index (κ1) is 13.7. The maximum Gasteiger partial charge on any atom is 0.410 e. The predicted octanol–water partition coefficient (Wildman–Crippen LogP) is 0.712. The minimum atomic E-state index is -1.14. The van der Waals surface area contributed by atoms with Crippen LogP contribution in [0.2, 0.25) is 0 Å². The lowest BCUT2D eigenvalue weighted by atomic mass is 9.99. The molecule has 19 heavy (non-hydrogen) atoms. The van der Waals surface area contributed by atoms with E-state index in [1.54, 1.807) is 4.90 Å². The van der Waals surface area contributed by atoms with Crippen LogP contribution in [0, 0.1) is 17.8 Å². The summed E-state index contributed by atoms with van der Waals surface area (Å²) < 4.78 is 10.5. The van der Waals surface area contributed by atoms with Gasteiger partial charge < -0.3 is 19.5 Å². The average Bonchev–Trinajstić information content (AvgIpc) is 2.89. The molecule has 0 saturated carbocycles. The predicted molar refractivity (Wildman–Crippen MR) is 65.4 cm³/mol. The maximum atomic E-state index is 11.9. The van der Waals surface area contributed by atoms with Gasteiger partial charge in [-0.1, -0.05) is 5.92 Å². The molecule has 0 radical (unpaired) electrons. The van der Waals surface area contributed by atoms with Crippen molar-refractivity contribution in [1.29, 1.82) is 0 Å². The Hall–Kier alpha value is -1.74. The molecule has 1 amide bonds. The van der Waals surface area contributed by atoms with Crippen LogP contribution in [0.25, 0.3) is 0 Å². The first-order chi connectivity index (χ1) is 9.15. The minimum absolute atomic E-state index is 0.0859. The highest BCUT2D eigenvalue weighted by atomic mass is 16.6. The van der Waals surface area contributed by atoms with Crippen LogP contribution in [0.4, 0.5) is 4.79 Å². The van der Waals surface area contributed by atoms with E-state index in [2.05, 4.69) is 11.8 Å². The van der Waals surface area contributed by atoms with Gasteiger partial charge in [0.25, 0.3) is 0 Å². The van der Waals surface area contributed by atoms with Gasteiger partial charge in [0, 0.05) is 31.3 Å². The molecule has 2 saturated heterocycles. The number of rotatable bonds is 1. The van der Waals surface area contributed by atoms with Crippen molar-refractivity contribution >= 4 is 12.1 Å². The van der Waals surface area contributed by atoms with Gasteiger partial charge in [-0.2, -0.15) is 0 Å². The molecular weight excluding hydrogens is 250 g/mol. The largest absolute Gasteiger partial charge is 0.472 e. The molecule has 0 bridgehead atoms. The molecule has 1 N–H and O–H groups in total. The van der Waals surface area contributed by atoms with Crippen LogP contribution in [-0.2, 0) is 14.3 Å². The Kier molecular flexibility index (Phi) is 4.63. The molecule has 0 aromatic rings. The van der Waals surface area contributed by atoms with Crippen molar-refractivity contribution in [2.45, 2.75) is 25.4 Å². The van der Waals surface area contributed by atoms with Crippen molar-refractivity contribution in [2.24, 2.45) is 5.92 Å². The first-order valence-electron chi connectivity index (χ1n) is 6.43. The van der Waals surface area contributed by atoms with Crippen molar-refractivity contribution in [3.63, 3.8) is 0 Å². The quantitative estimate of drug-likeness (QED) is 0.708. The smallest absolute Gasteiger partial charge is 0.410 e. The van der Waals surface area contributed by atoms with Crippen molar-refractivity contribution in [3.05, 3.63) is 0 Å². The molecule has 104 valence electrons. The van der Waals surface area contributed by atoms with E-state index >= 15 is 0 Å². The fraction of sp³-hybridized carbons (Fsp3) is 0.692. The van der Waals surface area contributed by atoms with Crippen molar-refractivity contribution in [3.8, 4) is 11.8 Å². The number of amides is 1. The lowest BCUT2D eigenvalue weighted by molar-refractivity contribution is -0.130. The summed E-state index contributed by atoms with van der Waals surface area (Å²) in [5.41, 5.74) is 0. The molecule has 2 aliphatic rings. The number of likely N-dealkylation sites (tertiary alicyclic amines) is 1. The Labute approximate surface area is 111 Å².